The normalized spacial score (nSPS) is 11.2. The third-order valence-corrected chi connectivity index (χ3v) is 4.42. The van der Waals surface area contributed by atoms with E-state index >= 15 is 0 Å². The van der Waals surface area contributed by atoms with Crippen LogP contribution in [0, 0.1) is 13.8 Å². The molecule has 0 saturated heterocycles. The second-order valence-electron chi connectivity index (χ2n) is 4.79. The van der Waals surface area contributed by atoms with Crippen molar-refractivity contribution in [1.82, 2.24) is 9.97 Å². The molecule has 3 nitrogen and oxygen atoms in total. The summed E-state index contributed by atoms with van der Waals surface area (Å²) in [5.41, 5.74) is 4.26. The minimum Gasteiger partial charge on any atom is -0.309 e. The molecule has 0 spiro atoms. The molecule has 0 amide bonds. The van der Waals surface area contributed by atoms with E-state index in [4.69, 9.17) is 11.6 Å². The fourth-order valence-corrected chi connectivity index (χ4v) is 3.46. The Balaban J connectivity index is 2.30. The molecule has 0 fully saturated rings. The Morgan fingerprint density at radius 1 is 1.30 bits per heavy atom. The van der Waals surface area contributed by atoms with E-state index in [1.54, 1.807) is 0 Å². The molecular weight excluding hydrogens is 292 g/mol. The number of aryl methyl sites for hydroxylation is 2. The van der Waals surface area contributed by atoms with Crippen molar-refractivity contribution in [3.8, 4) is 11.1 Å². The summed E-state index contributed by atoms with van der Waals surface area (Å²) in [4.78, 5) is 20.1. The van der Waals surface area contributed by atoms with Crippen LogP contribution in [0.1, 0.15) is 17.0 Å². The van der Waals surface area contributed by atoms with E-state index in [0.29, 0.717) is 11.2 Å². The van der Waals surface area contributed by atoms with E-state index < -0.39 is 0 Å². The van der Waals surface area contributed by atoms with E-state index in [9.17, 15) is 4.79 Å². The van der Waals surface area contributed by atoms with Crippen LogP contribution in [0.5, 0.6) is 0 Å². The van der Waals surface area contributed by atoms with Crippen LogP contribution in [0.15, 0.2) is 28.4 Å². The molecule has 20 heavy (non-hydrogen) atoms. The number of aromatic amines is 1. The van der Waals surface area contributed by atoms with Crippen LogP contribution in [0.4, 0.5) is 0 Å². The zero-order valence-electron chi connectivity index (χ0n) is 11.2. The Bertz CT molecular complexity index is 851. The second-order valence-corrected chi connectivity index (χ2v) is 5.92. The van der Waals surface area contributed by atoms with Crippen molar-refractivity contribution in [1.29, 1.82) is 0 Å². The van der Waals surface area contributed by atoms with Gasteiger partial charge in [0.1, 0.15) is 10.7 Å². The van der Waals surface area contributed by atoms with Gasteiger partial charge in [-0.25, -0.2) is 4.98 Å². The zero-order chi connectivity index (χ0) is 14.3. The molecule has 5 heteroatoms. The molecule has 102 valence electrons. The smallest absolute Gasteiger partial charge is 0.260 e. The summed E-state index contributed by atoms with van der Waals surface area (Å²) >= 11 is 7.21. The van der Waals surface area contributed by atoms with Crippen molar-refractivity contribution in [2.75, 3.05) is 0 Å². The highest BCUT2D eigenvalue weighted by atomic mass is 35.5. The van der Waals surface area contributed by atoms with Crippen LogP contribution in [0.2, 0.25) is 0 Å². The maximum Gasteiger partial charge on any atom is 0.260 e. The minimum absolute atomic E-state index is 0.123. The molecule has 3 aromatic rings. The highest BCUT2D eigenvalue weighted by Gasteiger charge is 2.14. The summed E-state index contributed by atoms with van der Waals surface area (Å²) in [7, 11) is 0. The maximum absolute atomic E-state index is 12.2. The van der Waals surface area contributed by atoms with Gasteiger partial charge >= 0.3 is 0 Å². The lowest BCUT2D eigenvalue weighted by atomic mass is 9.99. The molecule has 2 aromatic heterocycles. The lowest BCUT2D eigenvalue weighted by molar-refractivity contribution is 1.04. The van der Waals surface area contributed by atoms with Gasteiger partial charge in [-0.15, -0.1) is 22.9 Å². The molecule has 2 heterocycles. The highest BCUT2D eigenvalue weighted by molar-refractivity contribution is 7.17. The summed E-state index contributed by atoms with van der Waals surface area (Å²) in [6.07, 6.45) is 0. The fourth-order valence-electron chi connectivity index (χ4n) is 2.37. The first-order valence-corrected chi connectivity index (χ1v) is 7.65. The van der Waals surface area contributed by atoms with Crippen molar-refractivity contribution < 1.29 is 0 Å². The zero-order valence-corrected chi connectivity index (χ0v) is 12.7. The molecule has 0 bridgehead atoms. The maximum atomic E-state index is 12.2. The Kier molecular flexibility index (Phi) is 3.36. The Morgan fingerprint density at radius 3 is 2.80 bits per heavy atom. The quantitative estimate of drug-likeness (QED) is 0.727. The number of nitrogens with one attached hydrogen (secondary N) is 1. The Hall–Kier alpha value is -1.65. The number of alkyl halides is 1. The van der Waals surface area contributed by atoms with E-state index in [0.717, 1.165) is 21.5 Å². The summed E-state index contributed by atoms with van der Waals surface area (Å²) < 4.78 is 0. The van der Waals surface area contributed by atoms with Crippen LogP contribution in [-0.2, 0) is 5.88 Å². The molecule has 0 radical (unpaired) electrons. The van der Waals surface area contributed by atoms with Crippen LogP contribution in [0.3, 0.4) is 0 Å². The van der Waals surface area contributed by atoms with Gasteiger partial charge in [0.2, 0.25) is 0 Å². The van der Waals surface area contributed by atoms with Gasteiger partial charge < -0.3 is 4.98 Å². The van der Waals surface area contributed by atoms with Gasteiger partial charge in [0, 0.05) is 10.9 Å². The van der Waals surface area contributed by atoms with Crippen molar-refractivity contribution in [2.45, 2.75) is 19.7 Å². The molecule has 0 saturated carbocycles. The number of nitrogens with zero attached hydrogens (tertiary/aromatic N) is 1. The SMILES string of the molecule is Cc1ccc(-c2csc3nc(CCl)[nH]c(=O)c23)c(C)c1. The summed E-state index contributed by atoms with van der Waals surface area (Å²) in [6, 6.07) is 6.23. The number of hydrogen-bond acceptors (Lipinski definition) is 3. The molecule has 1 N–H and O–H groups in total. The Labute approximate surface area is 125 Å². The molecule has 0 aliphatic heterocycles. The standard InChI is InChI=1S/C15H13ClN2OS/c1-8-3-4-10(9(2)5-8)11-7-20-15-13(11)14(19)17-12(6-16)18-15/h3-5,7H,6H2,1-2H3,(H,17,18,19). The second kappa shape index (κ2) is 5.04. The summed E-state index contributed by atoms with van der Waals surface area (Å²) in [5, 5.41) is 2.64. The van der Waals surface area contributed by atoms with Gasteiger partial charge in [-0.3, -0.25) is 4.79 Å². The molecule has 0 unspecified atom stereocenters. The predicted molar refractivity (Wildman–Crippen MR) is 84.7 cm³/mol. The number of fused-ring (bicyclic) bond motifs is 1. The number of thiophene rings is 1. The number of rotatable bonds is 2. The lowest BCUT2D eigenvalue weighted by Crippen LogP contribution is -2.10. The molecule has 1 aromatic carbocycles. The van der Waals surface area contributed by atoms with Crippen molar-refractivity contribution >= 4 is 33.2 Å². The van der Waals surface area contributed by atoms with E-state index in [1.165, 1.54) is 16.9 Å². The molecule has 0 atom stereocenters. The number of halogens is 1. The van der Waals surface area contributed by atoms with Crippen LogP contribution >= 0.6 is 22.9 Å². The summed E-state index contributed by atoms with van der Waals surface area (Å²) in [5.74, 6) is 0.723. The van der Waals surface area contributed by atoms with Gasteiger partial charge in [0.25, 0.3) is 5.56 Å². The topological polar surface area (TPSA) is 45.8 Å². The number of aromatic nitrogens is 2. The third-order valence-electron chi connectivity index (χ3n) is 3.29. The predicted octanol–water partition coefficient (Wildman–Crippen LogP) is 4.01. The van der Waals surface area contributed by atoms with Gasteiger partial charge in [0.15, 0.2) is 0 Å². The molecule has 3 rings (SSSR count). The minimum atomic E-state index is -0.123. The monoisotopic (exact) mass is 304 g/mol. The van der Waals surface area contributed by atoms with Crippen molar-refractivity contribution in [3.63, 3.8) is 0 Å². The number of hydrogen-bond donors (Lipinski definition) is 1. The Morgan fingerprint density at radius 2 is 2.10 bits per heavy atom. The average molecular weight is 305 g/mol. The highest BCUT2D eigenvalue weighted by Crippen LogP contribution is 2.33. The molecule has 0 aliphatic carbocycles. The van der Waals surface area contributed by atoms with Crippen molar-refractivity contribution in [2.24, 2.45) is 0 Å². The van der Waals surface area contributed by atoms with E-state index in [2.05, 4.69) is 42.0 Å². The van der Waals surface area contributed by atoms with E-state index in [-0.39, 0.29) is 11.4 Å². The fraction of sp³-hybridized carbons (Fsp3) is 0.200. The van der Waals surface area contributed by atoms with E-state index in [1.807, 2.05) is 5.38 Å². The summed E-state index contributed by atoms with van der Waals surface area (Å²) in [6.45, 7) is 4.12. The van der Waals surface area contributed by atoms with Gasteiger partial charge in [-0.1, -0.05) is 23.8 Å². The van der Waals surface area contributed by atoms with Gasteiger partial charge in [-0.2, -0.15) is 0 Å². The van der Waals surface area contributed by atoms with Gasteiger partial charge in [-0.05, 0) is 25.0 Å². The number of benzene rings is 1. The third kappa shape index (κ3) is 2.15. The van der Waals surface area contributed by atoms with Crippen molar-refractivity contribution in [3.05, 3.63) is 50.9 Å². The van der Waals surface area contributed by atoms with Crippen LogP contribution in [0.25, 0.3) is 21.3 Å². The molecular formula is C15H13ClN2OS. The number of H-pyrrole nitrogens is 1. The lowest BCUT2D eigenvalue weighted by Gasteiger charge is -2.05. The first kappa shape index (κ1) is 13.3. The molecule has 0 aliphatic rings. The van der Waals surface area contributed by atoms with Gasteiger partial charge in [0.05, 0.1) is 11.3 Å². The van der Waals surface area contributed by atoms with Crippen LogP contribution < -0.4 is 5.56 Å². The first-order valence-electron chi connectivity index (χ1n) is 6.24. The average Bonchev–Trinajstić information content (AvgIpc) is 2.83. The van der Waals surface area contributed by atoms with Crippen LogP contribution in [-0.4, -0.2) is 9.97 Å². The largest absolute Gasteiger partial charge is 0.309 e. The first-order chi connectivity index (χ1) is 9.60.